The van der Waals surface area contributed by atoms with Gasteiger partial charge in [0.25, 0.3) is 10.1 Å². The Balaban J connectivity index is 1.85. The first kappa shape index (κ1) is 28.5. The minimum Gasteiger partial charge on any atom is -0.399 e. The third-order valence-corrected chi connectivity index (χ3v) is 5.86. The molecule has 0 N–H and O–H groups in total. The fraction of sp³-hybridized carbons (Fsp3) is 0.321. The summed E-state index contributed by atoms with van der Waals surface area (Å²) in [6.45, 7) is 0.647. The molecule has 3 aromatic rings. The second-order valence-corrected chi connectivity index (χ2v) is 9.90. The summed E-state index contributed by atoms with van der Waals surface area (Å²) in [7, 11) is -2.44. The minimum atomic E-state index is -3.86. The van der Waals surface area contributed by atoms with E-state index in [9.17, 15) is 8.42 Å². The van der Waals surface area contributed by atoms with Crippen LogP contribution in [0.3, 0.4) is 0 Å². The average Bonchev–Trinajstić information content (AvgIpc) is 2.90. The number of benzene rings is 3. The van der Waals surface area contributed by atoms with Crippen molar-refractivity contribution in [1.29, 1.82) is 0 Å². The van der Waals surface area contributed by atoms with Gasteiger partial charge in [0.2, 0.25) is 0 Å². The number of oxime groups is 1. The number of ether oxygens (including phenoxy) is 3. The topological polar surface area (TPSA) is 92.7 Å². The Bertz CT molecular complexity index is 1160. The van der Waals surface area contributed by atoms with E-state index in [1.54, 1.807) is 0 Å². The lowest BCUT2D eigenvalue weighted by atomic mass is 10.1. The second-order valence-electron chi connectivity index (χ2n) is 8.30. The summed E-state index contributed by atoms with van der Waals surface area (Å²) >= 11 is 0. The van der Waals surface area contributed by atoms with E-state index in [4.69, 9.17) is 23.2 Å². The molecule has 0 saturated heterocycles. The van der Waals surface area contributed by atoms with Crippen LogP contribution in [0.5, 0.6) is 0 Å². The molecule has 0 amide bonds. The van der Waals surface area contributed by atoms with E-state index in [1.807, 2.05) is 91.0 Å². The van der Waals surface area contributed by atoms with Crippen LogP contribution in [0.25, 0.3) is 0 Å². The molecule has 9 heteroatoms. The lowest BCUT2D eigenvalue weighted by Crippen LogP contribution is -2.46. The normalized spacial score (nSPS) is 14.3. The summed E-state index contributed by atoms with van der Waals surface area (Å²) in [6, 6.07) is 28.7. The maximum absolute atomic E-state index is 12.2. The lowest BCUT2D eigenvalue weighted by molar-refractivity contribution is -0.118. The molecule has 0 radical (unpaired) electrons. The fourth-order valence-electron chi connectivity index (χ4n) is 3.56. The highest BCUT2D eigenvalue weighted by molar-refractivity contribution is 7.86. The predicted octanol–water partition coefficient (Wildman–Crippen LogP) is 4.35. The quantitative estimate of drug-likeness (QED) is 0.155. The summed E-state index contributed by atoms with van der Waals surface area (Å²) in [4.78, 5) is 4.90. The number of rotatable bonds is 16. The van der Waals surface area contributed by atoms with Crippen molar-refractivity contribution in [3.8, 4) is 0 Å². The van der Waals surface area contributed by atoms with Crippen molar-refractivity contribution in [2.75, 3.05) is 20.0 Å². The van der Waals surface area contributed by atoms with Crippen LogP contribution >= 0.6 is 0 Å². The van der Waals surface area contributed by atoms with Crippen LogP contribution in [0.2, 0.25) is 0 Å². The summed E-state index contributed by atoms with van der Waals surface area (Å²) in [5.74, 6) is 0. The van der Waals surface area contributed by atoms with Crippen molar-refractivity contribution >= 4 is 16.3 Å². The highest BCUT2D eigenvalue weighted by Gasteiger charge is 2.34. The van der Waals surface area contributed by atoms with Crippen LogP contribution in [0, 0.1) is 0 Å². The van der Waals surface area contributed by atoms with Crippen LogP contribution < -0.4 is 0 Å². The molecular formula is C28H33NO7S. The molecule has 3 aromatic carbocycles. The molecule has 3 rings (SSSR count). The zero-order valence-corrected chi connectivity index (χ0v) is 21.8. The van der Waals surface area contributed by atoms with E-state index in [2.05, 4.69) is 5.16 Å². The molecule has 0 aliphatic rings. The van der Waals surface area contributed by atoms with E-state index in [0.29, 0.717) is 0 Å². The average molecular weight is 528 g/mol. The molecule has 198 valence electrons. The number of hydrogen-bond donors (Lipinski definition) is 0. The van der Waals surface area contributed by atoms with Crippen molar-refractivity contribution in [3.05, 3.63) is 108 Å². The molecule has 0 fully saturated rings. The van der Waals surface area contributed by atoms with Crippen molar-refractivity contribution in [3.63, 3.8) is 0 Å². The first-order valence-electron chi connectivity index (χ1n) is 11.8. The Labute approximate surface area is 218 Å². The van der Waals surface area contributed by atoms with Gasteiger partial charge in [-0.25, -0.2) is 0 Å². The summed E-state index contributed by atoms with van der Waals surface area (Å²) in [5.41, 5.74) is 2.78. The van der Waals surface area contributed by atoms with Gasteiger partial charge in [0.1, 0.15) is 25.4 Å². The SMILES string of the molecule is CON=C[C@@H](OCc1ccccc1)[C@H](OCc1ccccc1)[C@H](COCc1ccccc1)OS(C)(=O)=O. The minimum absolute atomic E-state index is 0.0621. The highest BCUT2D eigenvalue weighted by atomic mass is 32.2. The molecule has 0 spiro atoms. The van der Waals surface area contributed by atoms with Gasteiger partial charge in [0, 0.05) is 0 Å². The van der Waals surface area contributed by atoms with E-state index < -0.39 is 28.4 Å². The zero-order valence-electron chi connectivity index (χ0n) is 21.0. The van der Waals surface area contributed by atoms with Gasteiger partial charge in [-0.1, -0.05) is 96.2 Å². The molecule has 0 aliphatic carbocycles. The third kappa shape index (κ3) is 10.8. The van der Waals surface area contributed by atoms with E-state index >= 15 is 0 Å². The van der Waals surface area contributed by atoms with Crippen LogP contribution in [-0.2, 0) is 53.2 Å². The molecule has 0 heterocycles. The van der Waals surface area contributed by atoms with Gasteiger partial charge in [-0.05, 0) is 16.7 Å². The Morgan fingerprint density at radius 1 is 0.757 bits per heavy atom. The van der Waals surface area contributed by atoms with Gasteiger partial charge in [0.15, 0.2) is 0 Å². The second kappa shape index (κ2) is 15.2. The van der Waals surface area contributed by atoms with E-state index in [-0.39, 0.29) is 26.4 Å². The van der Waals surface area contributed by atoms with Gasteiger partial charge in [-0.2, -0.15) is 8.42 Å². The Morgan fingerprint density at radius 2 is 1.24 bits per heavy atom. The predicted molar refractivity (Wildman–Crippen MR) is 141 cm³/mol. The van der Waals surface area contributed by atoms with E-state index in [1.165, 1.54) is 13.3 Å². The van der Waals surface area contributed by atoms with Gasteiger partial charge >= 0.3 is 0 Å². The molecular weight excluding hydrogens is 494 g/mol. The van der Waals surface area contributed by atoms with Gasteiger partial charge in [0.05, 0.1) is 38.9 Å². The van der Waals surface area contributed by atoms with Gasteiger partial charge in [-0.3, -0.25) is 4.18 Å². The number of nitrogens with zero attached hydrogens (tertiary/aromatic N) is 1. The summed E-state index contributed by atoms with van der Waals surface area (Å²) < 4.78 is 48.2. The summed E-state index contributed by atoms with van der Waals surface area (Å²) in [5, 5.41) is 3.89. The lowest BCUT2D eigenvalue weighted by Gasteiger charge is -2.31. The summed E-state index contributed by atoms with van der Waals surface area (Å²) in [6.07, 6.45) is -0.293. The maximum atomic E-state index is 12.2. The van der Waals surface area contributed by atoms with Crippen molar-refractivity contribution in [2.24, 2.45) is 5.16 Å². The molecule has 0 aromatic heterocycles. The molecule has 0 aliphatic heterocycles. The van der Waals surface area contributed by atoms with Crippen molar-refractivity contribution in [1.82, 2.24) is 0 Å². The smallest absolute Gasteiger partial charge is 0.264 e. The van der Waals surface area contributed by atoms with Crippen LogP contribution in [0.1, 0.15) is 16.7 Å². The van der Waals surface area contributed by atoms with Crippen LogP contribution in [0.15, 0.2) is 96.2 Å². The monoisotopic (exact) mass is 527 g/mol. The largest absolute Gasteiger partial charge is 0.399 e. The number of hydrogen-bond acceptors (Lipinski definition) is 8. The molecule has 0 saturated carbocycles. The Kier molecular flexibility index (Phi) is 11.7. The van der Waals surface area contributed by atoms with Gasteiger partial charge < -0.3 is 19.0 Å². The first-order chi connectivity index (χ1) is 17.9. The molecule has 3 atom stereocenters. The molecule has 0 unspecified atom stereocenters. The van der Waals surface area contributed by atoms with Gasteiger partial charge in [-0.15, -0.1) is 0 Å². The van der Waals surface area contributed by atoms with Crippen molar-refractivity contribution in [2.45, 2.75) is 38.1 Å². The highest BCUT2D eigenvalue weighted by Crippen LogP contribution is 2.19. The zero-order chi connectivity index (χ0) is 26.3. The van der Waals surface area contributed by atoms with Crippen molar-refractivity contribution < 1.29 is 31.6 Å². The van der Waals surface area contributed by atoms with E-state index in [0.717, 1.165) is 22.9 Å². The molecule has 8 nitrogen and oxygen atoms in total. The molecule has 37 heavy (non-hydrogen) atoms. The van der Waals surface area contributed by atoms with Crippen LogP contribution in [0.4, 0.5) is 0 Å². The standard InChI is InChI=1S/C28H33NO7S/c1-32-29-18-26(34-20-24-14-8-4-9-15-24)28(35-21-25-16-10-5-11-17-25)27(36-37(2,30)31)22-33-19-23-12-6-3-7-13-23/h3-18,26-28H,19-22H2,1-2H3/t26-,27+,28+/m1/s1. The Morgan fingerprint density at radius 3 is 1.73 bits per heavy atom. The molecule has 0 bridgehead atoms. The maximum Gasteiger partial charge on any atom is 0.264 e. The first-order valence-corrected chi connectivity index (χ1v) is 13.6. The Hall–Kier alpha value is -3.08. The van der Waals surface area contributed by atoms with Crippen LogP contribution in [-0.4, -0.2) is 52.9 Å². The third-order valence-electron chi connectivity index (χ3n) is 5.27. The fourth-order valence-corrected chi connectivity index (χ4v) is 4.17.